The Hall–Kier alpha value is -1.83. The first-order chi connectivity index (χ1) is 12.9. The number of hydrogen-bond donors (Lipinski definition) is 2. The molecule has 1 aliphatic heterocycles. The molecule has 3 N–H and O–H groups in total. The van der Waals surface area contributed by atoms with Gasteiger partial charge in [-0.1, -0.05) is 25.4 Å². The zero-order valence-electron chi connectivity index (χ0n) is 16.0. The largest absolute Gasteiger partial charge is 0.492 e. The van der Waals surface area contributed by atoms with Crippen molar-refractivity contribution in [1.82, 2.24) is 15.1 Å². The van der Waals surface area contributed by atoms with Crippen molar-refractivity contribution in [1.29, 1.82) is 0 Å². The number of nitrogens with two attached hydrogens (primary N) is 1. The molecule has 7 nitrogen and oxygen atoms in total. The molecule has 1 saturated heterocycles. The Balaban J connectivity index is 1.63. The van der Waals surface area contributed by atoms with Crippen molar-refractivity contribution in [2.75, 3.05) is 45.9 Å². The summed E-state index contributed by atoms with van der Waals surface area (Å²) in [4.78, 5) is 28.1. The van der Waals surface area contributed by atoms with Crippen LogP contribution in [0.25, 0.3) is 0 Å². The molecule has 1 atom stereocenters. The van der Waals surface area contributed by atoms with Crippen molar-refractivity contribution < 1.29 is 14.3 Å². The van der Waals surface area contributed by atoms with Gasteiger partial charge in [-0.3, -0.25) is 14.5 Å². The van der Waals surface area contributed by atoms with Gasteiger partial charge in [0, 0.05) is 37.7 Å². The molecule has 0 unspecified atom stereocenters. The monoisotopic (exact) mass is 396 g/mol. The minimum absolute atomic E-state index is 0.00106. The van der Waals surface area contributed by atoms with E-state index in [1.165, 1.54) is 0 Å². The first-order valence-electron chi connectivity index (χ1n) is 9.28. The number of halogens is 1. The quantitative estimate of drug-likeness (QED) is 0.683. The van der Waals surface area contributed by atoms with Crippen LogP contribution in [0.4, 0.5) is 0 Å². The molecule has 2 amide bonds. The van der Waals surface area contributed by atoms with E-state index < -0.39 is 6.04 Å². The van der Waals surface area contributed by atoms with Gasteiger partial charge in [-0.15, -0.1) is 0 Å². The number of hydrogen-bond acceptors (Lipinski definition) is 5. The Bertz CT molecular complexity index is 616. The average molecular weight is 397 g/mol. The van der Waals surface area contributed by atoms with E-state index in [1.54, 1.807) is 17.0 Å². The summed E-state index contributed by atoms with van der Waals surface area (Å²) in [6.45, 7) is 7.99. The molecular formula is C19H29ClN4O3. The topological polar surface area (TPSA) is 87.9 Å². The third-order valence-electron chi connectivity index (χ3n) is 4.65. The Kier molecular flexibility index (Phi) is 8.34. The second-order valence-electron chi connectivity index (χ2n) is 7.01. The van der Waals surface area contributed by atoms with E-state index in [9.17, 15) is 9.59 Å². The van der Waals surface area contributed by atoms with Crippen LogP contribution >= 0.6 is 11.6 Å². The second-order valence-corrected chi connectivity index (χ2v) is 7.45. The molecule has 0 aliphatic carbocycles. The van der Waals surface area contributed by atoms with Gasteiger partial charge < -0.3 is 20.7 Å². The highest BCUT2D eigenvalue weighted by molar-refractivity contribution is 6.30. The predicted octanol–water partition coefficient (Wildman–Crippen LogP) is 0.963. The van der Waals surface area contributed by atoms with Crippen molar-refractivity contribution in [3.05, 3.63) is 29.3 Å². The van der Waals surface area contributed by atoms with E-state index in [0.717, 1.165) is 25.4 Å². The zero-order valence-corrected chi connectivity index (χ0v) is 16.7. The third-order valence-corrected chi connectivity index (χ3v) is 4.90. The Morgan fingerprint density at radius 3 is 2.41 bits per heavy atom. The van der Waals surface area contributed by atoms with Crippen LogP contribution in [0.3, 0.4) is 0 Å². The number of benzene rings is 1. The molecule has 0 aromatic heterocycles. The fourth-order valence-electron chi connectivity index (χ4n) is 2.74. The van der Waals surface area contributed by atoms with Crippen LogP contribution in [0.2, 0.25) is 5.02 Å². The molecule has 1 aromatic rings. The molecule has 0 bridgehead atoms. The van der Waals surface area contributed by atoms with E-state index in [4.69, 9.17) is 22.1 Å². The smallest absolute Gasteiger partial charge is 0.242 e. The molecule has 27 heavy (non-hydrogen) atoms. The summed E-state index contributed by atoms with van der Waals surface area (Å²) in [5, 5.41) is 3.32. The van der Waals surface area contributed by atoms with Crippen LogP contribution in [-0.4, -0.2) is 73.5 Å². The first kappa shape index (κ1) is 21.5. The third kappa shape index (κ3) is 7.01. The number of carbonyl (C=O) groups is 2. The number of rotatable bonds is 8. The lowest BCUT2D eigenvalue weighted by molar-refractivity contribution is -0.134. The molecular weight excluding hydrogens is 368 g/mol. The fourth-order valence-corrected chi connectivity index (χ4v) is 2.87. The van der Waals surface area contributed by atoms with Crippen molar-refractivity contribution in [3.8, 4) is 5.75 Å². The standard InChI is InChI=1S/C19H29ClN4O3/c1-14(2)18(21)19(26)22-13-17(25)24-9-7-23(8-10-24)11-12-27-16-5-3-15(20)4-6-16/h3-6,14,18H,7-13,21H2,1-2H3,(H,22,26)/t18-/m0/s1. The minimum Gasteiger partial charge on any atom is -0.492 e. The summed E-state index contributed by atoms with van der Waals surface area (Å²) in [6, 6.07) is 6.70. The predicted molar refractivity (Wildman–Crippen MR) is 106 cm³/mol. The normalized spacial score (nSPS) is 16.3. The molecule has 0 saturated carbocycles. The van der Waals surface area contributed by atoms with E-state index in [0.29, 0.717) is 24.7 Å². The van der Waals surface area contributed by atoms with Crippen LogP contribution in [0.15, 0.2) is 24.3 Å². The van der Waals surface area contributed by atoms with Gasteiger partial charge in [0.1, 0.15) is 12.4 Å². The lowest BCUT2D eigenvalue weighted by Gasteiger charge is -2.34. The molecule has 150 valence electrons. The van der Waals surface area contributed by atoms with Crippen molar-refractivity contribution in [2.24, 2.45) is 11.7 Å². The van der Waals surface area contributed by atoms with Gasteiger partial charge in [-0.2, -0.15) is 0 Å². The summed E-state index contributed by atoms with van der Waals surface area (Å²) >= 11 is 5.85. The molecule has 1 aliphatic rings. The van der Waals surface area contributed by atoms with Gasteiger partial charge in [0.2, 0.25) is 11.8 Å². The maximum absolute atomic E-state index is 12.2. The molecule has 0 radical (unpaired) electrons. The van der Waals surface area contributed by atoms with E-state index in [1.807, 2.05) is 26.0 Å². The molecule has 1 heterocycles. The van der Waals surface area contributed by atoms with Gasteiger partial charge in [-0.25, -0.2) is 0 Å². The van der Waals surface area contributed by atoms with Gasteiger partial charge in [0.15, 0.2) is 0 Å². The first-order valence-corrected chi connectivity index (χ1v) is 9.66. The maximum Gasteiger partial charge on any atom is 0.242 e. The minimum atomic E-state index is -0.588. The van der Waals surface area contributed by atoms with E-state index in [-0.39, 0.29) is 24.3 Å². The average Bonchev–Trinajstić information content (AvgIpc) is 2.67. The maximum atomic E-state index is 12.2. The number of carbonyl (C=O) groups excluding carboxylic acids is 2. The van der Waals surface area contributed by atoms with Crippen molar-refractivity contribution >= 4 is 23.4 Å². The van der Waals surface area contributed by atoms with Crippen LogP contribution in [0, 0.1) is 5.92 Å². The van der Waals surface area contributed by atoms with Crippen molar-refractivity contribution in [2.45, 2.75) is 19.9 Å². The summed E-state index contributed by atoms with van der Waals surface area (Å²) in [7, 11) is 0. The van der Waals surface area contributed by atoms with Crippen LogP contribution in [0.5, 0.6) is 5.75 Å². The van der Waals surface area contributed by atoms with Gasteiger partial charge in [-0.05, 0) is 30.2 Å². The van der Waals surface area contributed by atoms with Crippen LogP contribution in [0.1, 0.15) is 13.8 Å². The summed E-state index contributed by atoms with van der Waals surface area (Å²) < 4.78 is 5.70. The second kappa shape index (κ2) is 10.5. The number of amides is 2. The Labute approximate surface area is 165 Å². The number of piperazine rings is 1. The zero-order chi connectivity index (χ0) is 19.8. The lowest BCUT2D eigenvalue weighted by Crippen LogP contribution is -2.53. The molecule has 0 spiro atoms. The highest BCUT2D eigenvalue weighted by atomic mass is 35.5. The van der Waals surface area contributed by atoms with E-state index in [2.05, 4.69) is 10.2 Å². The van der Waals surface area contributed by atoms with Crippen molar-refractivity contribution in [3.63, 3.8) is 0 Å². The highest BCUT2D eigenvalue weighted by Crippen LogP contribution is 2.15. The van der Waals surface area contributed by atoms with Gasteiger partial charge in [0.05, 0.1) is 12.6 Å². The highest BCUT2D eigenvalue weighted by Gasteiger charge is 2.23. The van der Waals surface area contributed by atoms with Gasteiger partial charge >= 0.3 is 0 Å². The fraction of sp³-hybridized carbons (Fsp3) is 0.579. The number of nitrogens with zero attached hydrogens (tertiary/aromatic N) is 2. The lowest BCUT2D eigenvalue weighted by atomic mass is 10.1. The molecule has 8 heteroatoms. The SMILES string of the molecule is CC(C)[C@H](N)C(=O)NCC(=O)N1CCN(CCOc2ccc(Cl)cc2)CC1. The number of nitrogens with one attached hydrogen (secondary N) is 1. The molecule has 1 fully saturated rings. The summed E-state index contributed by atoms with van der Waals surface area (Å²) in [5.74, 6) is 0.481. The van der Waals surface area contributed by atoms with Crippen LogP contribution < -0.4 is 15.8 Å². The summed E-state index contributed by atoms with van der Waals surface area (Å²) in [5.41, 5.74) is 5.78. The summed E-state index contributed by atoms with van der Waals surface area (Å²) in [6.07, 6.45) is 0. The van der Waals surface area contributed by atoms with Gasteiger partial charge in [0.25, 0.3) is 0 Å². The van der Waals surface area contributed by atoms with Crippen LogP contribution in [-0.2, 0) is 9.59 Å². The Morgan fingerprint density at radius 1 is 1.19 bits per heavy atom. The Morgan fingerprint density at radius 2 is 1.81 bits per heavy atom. The van der Waals surface area contributed by atoms with E-state index >= 15 is 0 Å². The molecule has 1 aromatic carbocycles. The molecule has 2 rings (SSSR count). The number of ether oxygens (including phenoxy) is 1.